The zero-order valence-electron chi connectivity index (χ0n) is 10.5. The third-order valence-corrected chi connectivity index (χ3v) is 2.95. The van der Waals surface area contributed by atoms with Crippen molar-refractivity contribution in [2.75, 3.05) is 0 Å². The van der Waals surface area contributed by atoms with E-state index < -0.39 is 23.4 Å². The summed E-state index contributed by atoms with van der Waals surface area (Å²) in [6.45, 7) is 0. The Morgan fingerprint density at radius 3 is 2.43 bits per heavy atom. The zero-order chi connectivity index (χ0) is 15.4. The third kappa shape index (κ3) is 4.13. The zero-order valence-corrected chi connectivity index (χ0v) is 12.1. The number of carboxylic acids is 1. The molecule has 0 saturated heterocycles. The van der Waals surface area contributed by atoms with Crippen LogP contribution in [0, 0.1) is 11.6 Å². The normalized spacial score (nSPS) is 10.8. The maximum absolute atomic E-state index is 13.9. The fraction of sp³-hybridized carbons (Fsp3) is 0. The summed E-state index contributed by atoms with van der Waals surface area (Å²) in [6.07, 6.45) is 1.89. The molecule has 0 saturated carbocycles. The molecular formula is C15H9BrF2O3. The van der Waals surface area contributed by atoms with Gasteiger partial charge in [0.05, 0.1) is 0 Å². The lowest BCUT2D eigenvalue weighted by molar-refractivity contribution is -0.131. The number of rotatable bonds is 4. The van der Waals surface area contributed by atoms with E-state index in [1.54, 1.807) is 24.3 Å². The molecule has 108 valence electrons. The summed E-state index contributed by atoms with van der Waals surface area (Å²) in [5.41, 5.74) is 0.0917. The summed E-state index contributed by atoms with van der Waals surface area (Å²) in [5.74, 6) is -3.30. The third-order valence-electron chi connectivity index (χ3n) is 2.45. The first-order chi connectivity index (χ1) is 9.95. The van der Waals surface area contributed by atoms with Gasteiger partial charge in [0.15, 0.2) is 17.4 Å². The van der Waals surface area contributed by atoms with Crippen molar-refractivity contribution in [2.24, 2.45) is 0 Å². The number of aliphatic carboxylic acids is 1. The van der Waals surface area contributed by atoms with Crippen LogP contribution in [-0.4, -0.2) is 11.1 Å². The van der Waals surface area contributed by atoms with Gasteiger partial charge in [0.2, 0.25) is 0 Å². The molecule has 0 amide bonds. The minimum absolute atomic E-state index is 0.0917. The van der Waals surface area contributed by atoms with Gasteiger partial charge in [-0.05, 0) is 42.0 Å². The Labute approximate surface area is 127 Å². The Morgan fingerprint density at radius 2 is 1.86 bits per heavy atom. The van der Waals surface area contributed by atoms with Crippen molar-refractivity contribution in [3.05, 3.63) is 64.1 Å². The first-order valence-electron chi connectivity index (χ1n) is 5.79. The van der Waals surface area contributed by atoms with Crippen molar-refractivity contribution >= 4 is 28.0 Å². The van der Waals surface area contributed by atoms with Crippen LogP contribution in [-0.2, 0) is 4.79 Å². The van der Waals surface area contributed by atoms with Gasteiger partial charge in [0.1, 0.15) is 5.75 Å². The van der Waals surface area contributed by atoms with E-state index in [2.05, 4.69) is 15.9 Å². The maximum Gasteiger partial charge on any atom is 0.328 e. The van der Waals surface area contributed by atoms with Crippen LogP contribution in [0.5, 0.6) is 11.5 Å². The molecule has 2 aromatic carbocycles. The van der Waals surface area contributed by atoms with E-state index in [1.165, 1.54) is 0 Å². The minimum atomic E-state index is -1.20. The van der Waals surface area contributed by atoms with Crippen LogP contribution < -0.4 is 4.74 Å². The number of carbonyl (C=O) groups is 1. The van der Waals surface area contributed by atoms with Gasteiger partial charge in [-0.25, -0.2) is 13.6 Å². The van der Waals surface area contributed by atoms with Gasteiger partial charge < -0.3 is 9.84 Å². The summed E-state index contributed by atoms with van der Waals surface area (Å²) in [5, 5.41) is 8.49. The van der Waals surface area contributed by atoms with Gasteiger partial charge in [0.25, 0.3) is 0 Å². The monoisotopic (exact) mass is 354 g/mol. The number of carboxylic acid groups (broad SMARTS) is 1. The lowest BCUT2D eigenvalue weighted by Crippen LogP contribution is -1.94. The summed E-state index contributed by atoms with van der Waals surface area (Å²) in [4.78, 5) is 10.4. The second-order valence-electron chi connectivity index (χ2n) is 4.04. The van der Waals surface area contributed by atoms with Crippen molar-refractivity contribution in [1.82, 2.24) is 0 Å². The highest BCUT2D eigenvalue weighted by molar-refractivity contribution is 9.10. The summed E-state index contributed by atoms with van der Waals surface area (Å²) >= 11 is 3.23. The lowest BCUT2D eigenvalue weighted by Gasteiger charge is -2.09. The molecule has 0 bridgehead atoms. The SMILES string of the molecule is O=C(O)C=Cc1cc(F)c(Oc2cccc(Br)c2)c(F)c1. The molecule has 0 aliphatic heterocycles. The van der Waals surface area contributed by atoms with Crippen molar-refractivity contribution in [3.63, 3.8) is 0 Å². The topological polar surface area (TPSA) is 46.5 Å². The van der Waals surface area contributed by atoms with E-state index >= 15 is 0 Å². The van der Waals surface area contributed by atoms with E-state index in [9.17, 15) is 13.6 Å². The Bertz CT molecular complexity index is 691. The highest BCUT2D eigenvalue weighted by atomic mass is 79.9. The first kappa shape index (κ1) is 15.2. The van der Waals surface area contributed by atoms with Crippen LogP contribution in [0.3, 0.4) is 0 Å². The standard InChI is InChI=1S/C15H9BrF2O3/c16-10-2-1-3-11(8-10)21-15-12(17)6-9(7-13(15)18)4-5-14(19)20/h1-8H,(H,19,20). The maximum atomic E-state index is 13.9. The van der Waals surface area contributed by atoms with E-state index in [0.717, 1.165) is 24.3 Å². The molecule has 0 spiro atoms. The molecule has 21 heavy (non-hydrogen) atoms. The number of hydrogen-bond donors (Lipinski definition) is 1. The van der Waals surface area contributed by atoms with Crippen LogP contribution in [0.15, 0.2) is 46.9 Å². The van der Waals surface area contributed by atoms with Gasteiger partial charge in [-0.15, -0.1) is 0 Å². The molecule has 3 nitrogen and oxygen atoms in total. The molecule has 2 rings (SSSR count). The van der Waals surface area contributed by atoms with Crippen LogP contribution in [0.4, 0.5) is 8.78 Å². The summed E-state index contributed by atoms with van der Waals surface area (Å²) in [6, 6.07) is 8.53. The number of benzene rings is 2. The smallest absolute Gasteiger partial charge is 0.328 e. The van der Waals surface area contributed by atoms with Gasteiger partial charge in [0, 0.05) is 10.5 Å². The average molecular weight is 355 g/mol. The van der Waals surface area contributed by atoms with Crippen LogP contribution in [0.25, 0.3) is 6.08 Å². The lowest BCUT2D eigenvalue weighted by atomic mass is 10.2. The van der Waals surface area contributed by atoms with Gasteiger partial charge in [-0.3, -0.25) is 0 Å². The molecule has 0 radical (unpaired) electrons. The van der Waals surface area contributed by atoms with Crippen molar-refractivity contribution in [1.29, 1.82) is 0 Å². The van der Waals surface area contributed by atoms with Crippen LogP contribution in [0.2, 0.25) is 0 Å². The molecule has 1 N–H and O–H groups in total. The van der Waals surface area contributed by atoms with Crippen LogP contribution >= 0.6 is 15.9 Å². The summed E-state index contributed by atoms with van der Waals surface area (Å²) in [7, 11) is 0. The predicted octanol–water partition coefficient (Wildman–Crippen LogP) is 4.62. The minimum Gasteiger partial charge on any atom is -0.478 e. The average Bonchev–Trinajstić information content (AvgIpc) is 2.40. The van der Waals surface area contributed by atoms with Crippen molar-refractivity contribution < 1.29 is 23.4 Å². The fourth-order valence-electron chi connectivity index (χ4n) is 1.59. The molecule has 6 heteroatoms. The largest absolute Gasteiger partial charge is 0.478 e. The fourth-order valence-corrected chi connectivity index (χ4v) is 1.97. The molecule has 0 aromatic heterocycles. The Balaban J connectivity index is 2.31. The second kappa shape index (κ2) is 6.49. The molecule has 0 heterocycles. The highest BCUT2D eigenvalue weighted by Crippen LogP contribution is 2.30. The Morgan fingerprint density at radius 1 is 1.19 bits per heavy atom. The molecule has 2 aromatic rings. The molecule has 0 aliphatic rings. The van der Waals surface area contributed by atoms with E-state index in [0.29, 0.717) is 4.47 Å². The van der Waals surface area contributed by atoms with E-state index in [4.69, 9.17) is 9.84 Å². The van der Waals surface area contributed by atoms with Gasteiger partial charge in [-0.1, -0.05) is 22.0 Å². The predicted molar refractivity (Wildman–Crippen MR) is 77.2 cm³/mol. The summed E-state index contributed by atoms with van der Waals surface area (Å²) < 4.78 is 33.6. The van der Waals surface area contributed by atoms with E-state index in [-0.39, 0.29) is 11.3 Å². The van der Waals surface area contributed by atoms with Gasteiger partial charge in [-0.2, -0.15) is 0 Å². The van der Waals surface area contributed by atoms with Crippen molar-refractivity contribution in [2.45, 2.75) is 0 Å². The second-order valence-corrected chi connectivity index (χ2v) is 4.96. The highest BCUT2D eigenvalue weighted by Gasteiger charge is 2.13. The first-order valence-corrected chi connectivity index (χ1v) is 6.58. The molecule has 0 aliphatic carbocycles. The molecule has 0 atom stereocenters. The Hall–Kier alpha value is -2.21. The number of ether oxygens (including phenoxy) is 1. The van der Waals surface area contributed by atoms with Crippen LogP contribution in [0.1, 0.15) is 5.56 Å². The van der Waals surface area contributed by atoms with Gasteiger partial charge >= 0.3 is 5.97 Å². The molecule has 0 fully saturated rings. The number of hydrogen-bond acceptors (Lipinski definition) is 2. The van der Waals surface area contributed by atoms with Crippen molar-refractivity contribution in [3.8, 4) is 11.5 Å². The number of halogens is 3. The quantitative estimate of drug-likeness (QED) is 0.815. The molecular weight excluding hydrogens is 346 g/mol. The van der Waals surface area contributed by atoms with E-state index in [1.807, 2.05) is 0 Å². The Kier molecular flexibility index (Phi) is 4.70. The molecule has 0 unspecified atom stereocenters.